The second kappa shape index (κ2) is 11.0. The number of hydrogen-bond donors (Lipinski definition) is 1. The molecule has 0 saturated carbocycles. The minimum absolute atomic E-state index is 0.0908. The van der Waals surface area contributed by atoms with Gasteiger partial charge < -0.3 is 15.1 Å². The van der Waals surface area contributed by atoms with Gasteiger partial charge in [0.1, 0.15) is 5.82 Å². The van der Waals surface area contributed by atoms with Crippen LogP contribution in [-0.2, 0) is 0 Å². The maximum atomic E-state index is 14.5. The molecule has 4 rings (SSSR count). The van der Waals surface area contributed by atoms with E-state index in [1.54, 1.807) is 17.0 Å². The summed E-state index contributed by atoms with van der Waals surface area (Å²) in [7, 11) is 0. The van der Waals surface area contributed by atoms with E-state index in [-0.39, 0.29) is 17.7 Å². The quantitative estimate of drug-likeness (QED) is 0.501. The van der Waals surface area contributed by atoms with Crippen molar-refractivity contribution in [3.8, 4) is 0 Å². The van der Waals surface area contributed by atoms with Gasteiger partial charge >= 0.3 is 6.03 Å². The normalized spacial score (nSPS) is 13.7. The first kappa shape index (κ1) is 23.5. The van der Waals surface area contributed by atoms with E-state index >= 15 is 0 Å². The van der Waals surface area contributed by atoms with Gasteiger partial charge in [-0.3, -0.25) is 4.79 Å². The van der Waals surface area contributed by atoms with E-state index in [1.807, 2.05) is 41.3 Å². The molecule has 0 unspecified atom stereocenters. The second-order valence-corrected chi connectivity index (χ2v) is 8.59. The zero-order chi connectivity index (χ0) is 23.9. The van der Waals surface area contributed by atoms with Crippen LogP contribution in [0.25, 0.3) is 0 Å². The van der Waals surface area contributed by atoms with E-state index < -0.39 is 5.82 Å². The van der Waals surface area contributed by atoms with E-state index in [0.29, 0.717) is 44.0 Å². The van der Waals surface area contributed by atoms with E-state index in [2.05, 4.69) is 29.6 Å². The highest BCUT2D eigenvalue weighted by atomic mass is 19.1. The van der Waals surface area contributed by atoms with Crippen LogP contribution in [0.5, 0.6) is 0 Å². The number of anilines is 1. The molecule has 0 aromatic heterocycles. The standard InChI is InChI=1S/C28H30FN3O2/c1-21(33)24-12-13-27(26(29)20-24)31-16-18-32(19-17-31)28(34)30-15-14-25(22-8-4-2-5-9-22)23-10-6-3-7-11-23/h2-13,20,25H,14-19H2,1H3,(H,30,34). The predicted molar refractivity (Wildman–Crippen MR) is 133 cm³/mol. The topological polar surface area (TPSA) is 52.7 Å². The third kappa shape index (κ3) is 5.63. The number of carbonyl (C=O) groups excluding carboxylic acids is 2. The van der Waals surface area contributed by atoms with E-state index in [4.69, 9.17) is 0 Å². The van der Waals surface area contributed by atoms with Crippen LogP contribution in [0.1, 0.15) is 40.7 Å². The highest BCUT2D eigenvalue weighted by Gasteiger charge is 2.23. The maximum Gasteiger partial charge on any atom is 0.317 e. The fraction of sp³-hybridized carbons (Fsp3) is 0.286. The van der Waals surface area contributed by atoms with Crippen LogP contribution in [0.2, 0.25) is 0 Å². The fourth-order valence-corrected chi connectivity index (χ4v) is 4.46. The molecule has 176 valence electrons. The Morgan fingerprint density at radius 2 is 1.47 bits per heavy atom. The molecule has 1 aliphatic heterocycles. The minimum Gasteiger partial charge on any atom is -0.366 e. The zero-order valence-corrected chi connectivity index (χ0v) is 19.4. The summed E-state index contributed by atoms with van der Waals surface area (Å²) in [6.45, 7) is 4.10. The van der Waals surface area contributed by atoms with Crippen molar-refractivity contribution in [1.82, 2.24) is 10.2 Å². The summed E-state index contributed by atoms with van der Waals surface area (Å²) in [5, 5.41) is 3.07. The molecule has 0 atom stereocenters. The molecule has 1 saturated heterocycles. The molecule has 0 bridgehead atoms. The lowest BCUT2D eigenvalue weighted by molar-refractivity contribution is 0.101. The van der Waals surface area contributed by atoms with Gasteiger partial charge in [0.05, 0.1) is 5.69 Å². The molecule has 3 aromatic rings. The lowest BCUT2D eigenvalue weighted by Gasteiger charge is -2.36. The van der Waals surface area contributed by atoms with Gasteiger partial charge in [-0.05, 0) is 42.7 Å². The van der Waals surface area contributed by atoms with Crippen LogP contribution in [0.4, 0.5) is 14.9 Å². The number of nitrogens with zero attached hydrogens (tertiary/aromatic N) is 2. The summed E-state index contributed by atoms with van der Waals surface area (Å²) in [6.07, 6.45) is 0.799. The third-order valence-electron chi connectivity index (χ3n) is 6.37. The molecule has 0 aliphatic carbocycles. The molecule has 5 nitrogen and oxygen atoms in total. The molecule has 0 radical (unpaired) electrons. The summed E-state index contributed by atoms with van der Waals surface area (Å²) in [4.78, 5) is 27.9. The summed E-state index contributed by atoms with van der Waals surface area (Å²) < 4.78 is 14.5. The largest absolute Gasteiger partial charge is 0.366 e. The molecular weight excluding hydrogens is 429 g/mol. The summed E-state index contributed by atoms with van der Waals surface area (Å²) in [5.74, 6) is -0.354. The van der Waals surface area contributed by atoms with E-state index in [9.17, 15) is 14.0 Å². The number of carbonyl (C=O) groups is 2. The first-order valence-electron chi connectivity index (χ1n) is 11.7. The SMILES string of the molecule is CC(=O)c1ccc(N2CCN(C(=O)NCCC(c3ccccc3)c3ccccc3)CC2)c(F)c1. The third-order valence-corrected chi connectivity index (χ3v) is 6.37. The molecule has 0 spiro atoms. The van der Waals surface area contributed by atoms with Crippen molar-refractivity contribution in [1.29, 1.82) is 0 Å². The summed E-state index contributed by atoms with van der Waals surface area (Å²) in [5.41, 5.74) is 3.30. The van der Waals surface area contributed by atoms with E-state index in [1.165, 1.54) is 24.1 Å². The second-order valence-electron chi connectivity index (χ2n) is 8.59. The highest BCUT2D eigenvalue weighted by molar-refractivity contribution is 5.94. The molecular formula is C28H30FN3O2. The Hall–Kier alpha value is -3.67. The number of Topliss-reactive ketones (excluding diaryl/α,β-unsaturated/α-hetero) is 1. The maximum absolute atomic E-state index is 14.5. The van der Waals surface area contributed by atoms with Gasteiger partial charge in [-0.15, -0.1) is 0 Å². The Balaban J connectivity index is 1.30. The summed E-state index contributed by atoms with van der Waals surface area (Å²) in [6, 6.07) is 25.2. The Morgan fingerprint density at radius 1 is 0.882 bits per heavy atom. The molecule has 2 amide bonds. The van der Waals surface area contributed by atoms with Crippen molar-refractivity contribution < 1.29 is 14.0 Å². The molecule has 1 fully saturated rings. The van der Waals surface area contributed by atoms with Crippen molar-refractivity contribution in [3.05, 3.63) is 101 Å². The lowest BCUT2D eigenvalue weighted by Crippen LogP contribution is -2.52. The number of urea groups is 1. The number of piperazine rings is 1. The zero-order valence-electron chi connectivity index (χ0n) is 19.4. The summed E-state index contributed by atoms with van der Waals surface area (Å²) >= 11 is 0. The first-order chi connectivity index (χ1) is 16.5. The average molecular weight is 460 g/mol. The van der Waals surface area contributed by atoms with Crippen molar-refractivity contribution in [2.75, 3.05) is 37.6 Å². The Kier molecular flexibility index (Phi) is 7.58. The van der Waals surface area contributed by atoms with Crippen molar-refractivity contribution >= 4 is 17.5 Å². The number of rotatable bonds is 7. The predicted octanol–water partition coefficient (Wildman–Crippen LogP) is 5.08. The van der Waals surface area contributed by atoms with Crippen LogP contribution in [0.15, 0.2) is 78.9 Å². The van der Waals surface area contributed by atoms with Crippen LogP contribution in [0.3, 0.4) is 0 Å². The Bertz CT molecular complexity index is 1070. The molecule has 1 N–H and O–H groups in total. The van der Waals surface area contributed by atoms with Gasteiger partial charge in [-0.1, -0.05) is 60.7 Å². The van der Waals surface area contributed by atoms with Gasteiger partial charge in [0.25, 0.3) is 0 Å². The van der Waals surface area contributed by atoms with Crippen molar-refractivity contribution in [2.45, 2.75) is 19.3 Å². The first-order valence-corrected chi connectivity index (χ1v) is 11.7. The average Bonchev–Trinajstić information content (AvgIpc) is 2.87. The Labute approximate surface area is 200 Å². The van der Waals surface area contributed by atoms with Gasteiger partial charge in [-0.2, -0.15) is 0 Å². The van der Waals surface area contributed by atoms with Crippen molar-refractivity contribution in [3.63, 3.8) is 0 Å². The van der Waals surface area contributed by atoms with Crippen molar-refractivity contribution in [2.24, 2.45) is 0 Å². The molecule has 1 aliphatic rings. The molecule has 1 heterocycles. The number of halogens is 1. The van der Waals surface area contributed by atoms with Gasteiger partial charge in [0, 0.05) is 44.2 Å². The minimum atomic E-state index is -0.404. The van der Waals surface area contributed by atoms with E-state index in [0.717, 1.165) is 6.42 Å². The van der Waals surface area contributed by atoms with Crippen LogP contribution in [-0.4, -0.2) is 49.4 Å². The van der Waals surface area contributed by atoms with Crippen LogP contribution >= 0.6 is 0 Å². The number of nitrogens with one attached hydrogen (secondary N) is 1. The molecule has 3 aromatic carbocycles. The van der Waals surface area contributed by atoms with Gasteiger partial charge in [0.15, 0.2) is 5.78 Å². The number of ketones is 1. The highest BCUT2D eigenvalue weighted by Crippen LogP contribution is 2.27. The van der Waals surface area contributed by atoms with Gasteiger partial charge in [0.2, 0.25) is 0 Å². The van der Waals surface area contributed by atoms with Crippen LogP contribution < -0.4 is 10.2 Å². The van der Waals surface area contributed by atoms with Gasteiger partial charge in [-0.25, -0.2) is 9.18 Å². The lowest BCUT2D eigenvalue weighted by atomic mass is 9.88. The fourth-order valence-electron chi connectivity index (χ4n) is 4.46. The number of amides is 2. The Morgan fingerprint density at radius 3 is 2.00 bits per heavy atom. The molecule has 34 heavy (non-hydrogen) atoms. The van der Waals surface area contributed by atoms with Crippen LogP contribution in [0, 0.1) is 5.82 Å². The molecule has 6 heteroatoms. The number of hydrogen-bond acceptors (Lipinski definition) is 3. The monoisotopic (exact) mass is 459 g/mol. The number of benzene rings is 3. The smallest absolute Gasteiger partial charge is 0.317 e.